The van der Waals surface area contributed by atoms with E-state index in [4.69, 9.17) is 4.74 Å². The summed E-state index contributed by atoms with van der Waals surface area (Å²) in [5, 5.41) is 9.70. The van der Waals surface area contributed by atoms with Gasteiger partial charge >= 0.3 is 0 Å². The van der Waals surface area contributed by atoms with Gasteiger partial charge in [-0.3, -0.25) is 9.69 Å². The maximum atomic E-state index is 12.8. The Morgan fingerprint density at radius 3 is 2.75 bits per heavy atom. The van der Waals surface area contributed by atoms with Gasteiger partial charge in [0, 0.05) is 12.2 Å². The molecule has 24 heavy (non-hydrogen) atoms. The van der Waals surface area contributed by atoms with Crippen molar-refractivity contribution in [3.63, 3.8) is 0 Å². The summed E-state index contributed by atoms with van der Waals surface area (Å²) in [7, 11) is 1.67. The van der Waals surface area contributed by atoms with Crippen molar-refractivity contribution in [3.8, 4) is 5.75 Å². The van der Waals surface area contributed by atoms with Gasteiger partial charge in [-0.15, -0.1) is 0 Å². The molecule has 1 aromatic rings. The zero-order chi connectivity index (χ0) is 17.1. The van der Waals surface area contributed by atoms with E-state index in [1.165, 1.54) is 5.56 Å². The van der Waals surface area contributed by atoms with Crippen LogP contribution < -0.4 is 9.64 Å². The SMILES string of the molecule is COc1ccc2c(c1)CCCN2C(=O)CN1CCC(C(C)O)CC1. The van der Waals surface area contributed by atoms with Gasteiger partial charge in [-0.1, -0.05) is 0 Å². The monoisotopic (exact) mass is 332 g/mol. The Bertz CT molecular complexity index is 580. The highest BCUT2D eigenvalue weighted by molar-refractivity contribution is 5.96. The average molecular weight is 332 g/mol. The van der Waals surface area contributed by atoms with E-state index in [1.807, 2.05) is 30.0 Å². The van der Waals surface area contributed by atoms with Gasteiger partial charge in [-0.05, 0) is 75.4 Å². The number of carbonyl (C=O) groups is 1. The molecule has 0 radical (unpaired) electrons. The summed E-state index contributed by atoms with van der Waals surface area (Å²) in [6, 6.07) is 5.98. The van der Waals surface area contributed by atoms with Crippen LogP contribution in [0, 0.1) is 5.92 Å². The predicted molar refractivity (Wildman–Crippen MR) is 94.5 cm³/mol. The standard InChI is InChI=1S/C19H28N2O3/c1-14(22)15-7-10-20(11-8-15)13-19(23)21-9-3-4-16-12-17(24-2)5-6-18(16)21/h5-6,12,14-15,22H,3-4,7-11,13H2,1-2H3. The van der Waals surface area contributed by atoms with Crippen molar-refractivity contribution >= 4 is 11.6 Å². The van der Waals surface area contributed by atoms with Gasteiger partial charge < -0.3 is 14.7 Å². The molecule has 1 fully saturated rings. The summed E-state index contributed by atoms with van der Waals surface area (Å²) in [5.41, 5.74) is 2.23. The molecule has 0 saturated carbocycles. The summed E-state index contributed by atoms with van der Waals surface area (Å²) in [5.74, 6) is 1.40. The molecule has 0 aliphatic carbocycles. The molecule has 1 amide bonds. The maximum Gasteiger partial charge on any atom is 0.241 e. The van der Waals surface area contributed by atoms with Gasteiger partial charge in [0.1, 0.15) is 5.75 Å². The molecule has 1 saturated heterocycles. The van der Waals surface area contributed by atoms with Crippen LogP contribution in [0.25, 0.3) is 0 Å². The van der Waals surface area contributed by atoms with Gasteiger partial charge in [-0.2, -0.15) is 0 Å². The topological polar surface area (TPSA) is 53.0 Å². The highest BCUT2D eigenvalue weighted by atomic mass is 16.5. The molecular weight excluding hydrogens is 304 g/mol. The zero-order valence-corrected chi connectivity index (χ0v) is 14.7. The van der Waals surface area contributed by atoms with E-state index >= 15 is 0 Å². The second-order valence-corrected chi connectivity index (χ2v) is 7.00. The lowest BCUT2D eigenvalue weighted by Crippen LogP contribution is -2.46. The van der Waals surface area contributed by atoms with E-state index in [9.17, 15) is 9.90 Å². The summed E-state index contributed by atoms with van der Waals surface area (Å²) >= 11 is 0. The van der Waals surface area contributed by atoms with Crippen LogP contribution in [0.15, 0.2) is 18.2 Å². The van der Waals surface area contributed by atoms with Crippen LogP contribution in [0.1, 0.15) is 31.7 Å². The van der Waals surface area contributed by atoms with Crippen LogP contribution in [-0.2, 0) is 11.2 Å². The predicted octanol–water partition coefficient (Wildman–Crippen LogP) is 2.07. The summed E-state index contributed by atoms with van der Waals surface area (Å²) in [6.45, 7) is 4.92. The lowest BCUT2D eigenvalue weighted by Gasteiger charge is -2.35. The molecular formula is C19H28N2O3. The van der Waals surface area contributed by atoms with Crippen molar-refractivity contribution in [2.24, 2.45) is 5.92 Å². The zero-order valence-electron chi connectivity index (χ0n) is 14.7. The number of hydrogen-bond acceptors (Lipinski definition) is 4. The number of benzene rings is 1. The second-order valence-electron chi connectivity index (χ2n) is 7.00. The number of ether oxygens (including phenoxy) is 1. The fourth-order valence-corrected chi connectivity index (χ4v) is 3.83. The number of aliphatic hydroxyl groups excluding tert-OH is 1. The van der Waals surface area contributed by atoms with Crippen molar-refractivity contribution in [3.05, 3.63) is 23.8 Å². The number of piperidine rings is 1. The normalized spacial score (nSPS) is 20.5. The Morgan fingerprint density at radius 2 is 2.08 bits per heavy atom. The number of rotatable bonds is 4. The molecule has 1 aromatic carbocycles. The minimum absolute atomic E-state index is 0.177. The molecule has 1 atom stereocenters. The van der Waals surface area contributed by atoms with Gasteiger partial charge in [0.2, 0.25) is 5.91 Å². The molecule has 0 bridgehead atoms. The van der Waals surface area contributed by atoms with Gasteiger partial charge in [0.15, 0.2) is 0 Å². The van der Waals surface area contributed by atoms with E-state index in [0.29, 0.717) is 12.5 Å². The minimum atomic E-state index is -0.244. The van der Waals surface area contributed by atoms with E-state index < -0.39 is 0 Å². The lowest BCUT2D eigenvalue weighted by molar-refractivity contribution is -0.120. The third kappa shape index (κ3) is 3.73. The van der Waals surface area contributed by atoms with Gasteiger partial charge in [0.25, 0.3) is 0 Å². The Kier molecular flexibility index (Phi) is 5.41. The Hall–Kier alpha value is -1.59. The number of hydrogen-bond donors (Lipinski definition) is 1. The fraction of sp³-hybridized carbons (Fsp3) is 0.632. The van der Waals surface area contributed by atoms with Crippen molar-refractivity contribution in [1.82, 2.24) is 4.90 Å². The summed E-state index contributed by atoms with van der Waals surface area (Å²) in [4.78, 5) is 17.0. The second kappa shape index (κ2) is 7.53. The quantitative estimate of drug-likeness (QED) is 0.917. The van der Waals surface area contributed by atoms with E-state index in [2.05, 4.69) is 4.90 Å². The largest absolute Gasteiger partial charge is 0.497 e. The van der Waals surface area contributed by atoms with Gasteiger partial charge in [0.05, 0.1) is 19.8 Å². The molecule has 132 valence electrons. The minimum Gasteiger partial charge on any atom is -0.497 e. The molecule has 5 nitrogen and oxygen atoms in total. The Balaban J connectivity index is 1.63. The van der Waals surface area contributed by atoms with Crippen LogP contribution in [0.4, 0.5) is 5.69 Å². The number of anilines is 1. The maximum absolute atomic E-state index is 12.8. The van der Waals surface area contributed by atoms with Crippen molar-refractivity contribution in [1.29, 1.82) is 0 Å². The molecule has 3 rings (SSSR count). The van der Waals surface area contributed by atoms with Crippen LogP contribution in [0.3, 0.4) is 0 Å². The Labute approximate surface area is 144 Å². The number of nitrogens with zero attached hydrogens (tertiary/aromatic N) is 2. The molecule has 0 spiro atoms. The molecule has 2 aliphatic heterocycles. The number of amides is 1. The van der Waals surface area contributed by atoms with Crippen LogP contribution in [-0.4, -0.2) is 55.3 Å². The number of methoxy groups -OCH3 is 1. The van der Waals surface area contributed by atoms with Crippen LogP contribution in [0.2, 0.25) is 0 Å². The van der Waals surface area contributed by atoms with Crippen LogP contribution in [0.5, 0.6) is 5.75 Å². The van der Waals surface area contributed by atoms with Crippen molar-refractivity contribution in [2.75, 3.05) is 38.2 Å². The molecule has 2 aliphatic rings. The number of likely N-dealkylation sites (tertiary alicyclic amines) is 1. The van der Waals surface area contributed by atoms with Crippen LogP contribution >= 0.6 is 0 Å². The first-order chi connectivity index (χ1) is 11.6. The first-order valence-corrected chi connectivity index (χ1v) is 8.96. The number of carbonyl (C=O) groups excluding carboxylic acids is 1. The highest BCUT2D eigenvalue weighted by Gasteiger charge is 2.27. The first-order valence-electron chi connectivity index (χ1n) is 8.96. The van der Waals surface area contributed by atoms with E-state index in [-0.39, 0.29) is 12.0 Å². The lowest BCUT2D eigenvalue weighted by atomic mass is 9.92. The third-order valence-electron chi connectivity index (χ3n) is 5.38. The molecule has 1 N–H and O–H groups in total. The van der Waals surface area contributed by atoms with E-state index in [1.54, 1.807) is 7.11 Å². The molecule has 1 unspecified atom stereocenters. The molecule has 5 heteroatoms. The number of aryl methyl sites for hydroxylation is 1. The molecule has 2 heterocycles. The van der Waals surface area contributed by atoms with E-state index in [0.717, 1.165) is 56.8 Å². The highest BCUT2D eigenvalue weighted by Crippen LogP contribution is 2.31. The third-order valence-corrected chi connectivity index (χ3v) is 5.38. The fourth-order valence-electron chi connectivity index (χ4n) is 3.83. The number of aliphatic hydroxyl groups is 1. The van der Waals surface area contributed by atoms with Crippen molar-refractivity contribution < 1.29 is 14.6 Å². The molecule has 0 aromatic heterocycles. The smallest absolute Gasteiger partial charge is 0.241 e. The summed E-state index contributed by atoms with van der Waals surface area (Å²) < 4.78 is 5.29. The first kappa shape index (κ1) is 17.2. The average Bonchev–Trinajstić information content (AvgIpc) is 2.61. The van der Waals surface area contributed by atoms with Crippen molar-refractivity contribution in [2.45, 2.75) is 38.7 Å². The van der Waals surface area contributed by atoms with Gasteiger partial charge in [-0.25, -0.2) is 0 Å². The Morgan fingerprint density at radius 1 is 1.33 bits per heavy atom. The number of fused-ring (bicyclic) bond motifs is 1. The summed E-state index contributed by atoms with van der Waals surface area (Å²) in [6.07, 6.45) is 3.69.